The Morgan fingerprint density at radius 2 is 1.31 bits per heavy atom. The largest absolute Gasteiger partial charge is 2.00 e. The summed E-state index contributed by atoms with van der Waals surface area (Å²) in [6, 6.07) is 0. The predicted molar refractivity (Wildman–Crippen MR) is 43.0 cm³/mol. The van der Waals surface area contributed by atoms with E-state index in [0.717, 1.165) is 19.6 Å². The van der Waals surface area contributed by atoms with E-state index < -0.39 is 0 Å². The van der Waals surface area contributed by atoms with Gasteiger partial charge in [0, 0.05) is 13.2 Å². The molecule has 4 heteroatoms. The summed E-state index contributed by atoms with van der Waals surface area (Å²) in [7, 11) is 0. The molecule has 76 valence electrons. The van der Waals surface area contributed by atoms with E-state index in [1.54, 1.807) is 0 Å². The van der Waals surface area contributed by atoms with Crippen LogP contribution >= 0.6 is 0 Å². The molecule has 1 aliphatic heterocycles. The summed E-state index contributed by atoms with van der Waals surface area (Å²) >= 11 is 0. The van der Waals surface area contributed by atoms with Crippen molar-refractivity contribution >= 4 is 0 Å². The Morgan fingerprint density at radius 1 is 0.846 bits per heavy atom. The Kier molecular flexibility index (Phi) is 22.2. The average Bonchev–Trinajstić information content (AvgIpc) is 2.67. The van der Waals surface area contributed by atoms with Crippen LogP contribution in [0.25, 0.3) is 0 Å². The van der Waals surface area contributed by atoms with E-state index in [1.165, 1.54) is 12.8 Å². The van der Waals surface area contributed by atoms with E-state index >= 15 is 0 Å². The van der Waals surface area contributed by atoms with Gasteiger partial charge in [0.1, 0.15) is 0 Å². The van der Waals surface area contributed by atoms with Crippen LogP contribution < -0.4 is 24.8 Å². The first-order valence-electron chi connectivity index (χ1n) is 3.89. The third-order valence-corrected chi connectivity index (χ3v) is 1.48. The minimum Gasteiger partial charge on any atom is -1.00 e. The van der Waals surface area contributed by atoms with Gasteiger partial charge in [-0.15, -0.1) is 0 Å². The van der Waals surface area contributed by atoms with Crippen molar-refractivity contribution in [1.82, 2.24) is 0 Å². The van der Waals surface area contributed by atoms with Crippen LogP contribution in [-0.2, 0) is 22.1 Å². The van der Waals surface area contributed by atoms with Gasteiger partial charge in [0.05, 0.1) is 0 Å². The molecule has 0 aromatic heterocycles. The van der Waals surface area contributed by atoms with E-state index in [2.05, 4.69) is 24.3 Å². The molecule has 1 heterocycles. The Bertz CT molecular complexity index is 116. The fourth-order valence-corrected chi connectivity index (χ4v) is 0.903. The second-order valence-electron chi connectivity index (χ2n) is 2.41. The van der Waals surface area contributed by atoms with Crippen LogP contribution in [0.3, 0.4) is 0 Å². The molecule has 0 aromatic rings. The molecule has 2 rings (SSSR count). The number of hydrogen-bond acceptors (Lipinski definition) is 1. The van der Waals surface area contributed by atoms with Gasteiger partial charge in [0.15, 0.2) is 0 Å². The van der Waals surface area contributed by atoms with Crippen LogP contribution in [-0.4, -0.2) is 13.2 Å². The Hall–Kier alpha value is 0.552. The van der Waals surface area contributed by atoms with Crippen LogP contribution in [0.15, 0.2) is 24.3 Å². The van der Waals surface area contributed by atoms with Crippen molar-refractivity contribution in [1.29, 1.82) is 0 Å². The Morgan fingerprint density at radius 3 is 1.46 bits per heavy atom. The summed E-state index contributed by atoms with van der Waals surface area (Å²) in [6.07, 6.45) is 12.1. The summed E-state index contributed by atoms with van der Waals surface area (Å²) in [5.41, 5.74) is 0. The van der Waals surface area contributed by atoms with Crippen LogP contribution in [0, 0.1) is 0 Å². The molecular formula is C9H14Cl2CrO. The number of halogens is 2. The molecule has 0 atom stereocenters. The summed E-state index contributed by atoms with van der Waals surface area (Å²) in [5, 5.41) is 0. The molecule has 1 saturated heterocycles. The molecule has 0 radical (unpaired) electrons. The van der Waals surface area contributed by atoms with Crippen LogP contribution in [0.5, 0.6) is 0 Å². The van der Waals surface area contributed by atoms with Gasteiger partial charge in [-0.25, -0.2) is 0 Å². The Balaban J connectivity index is -0.000000125. The van der Waals surface area contributed by atoms with Gasteiger partial charge >= 0.3 is 17.4 Å². The van der Waals surface area contributed by atoms with Crippen molar-refractivity contribution in [3.63, 3.8) is 0 Å². The van der Waals surface area contributed by atoms with Gasteiger partial charge in [-0.2, -0.15) is 0 Å². The van der Waals surface area contributed by atoms with Gasteiger partial charge in [0.25, 0.3) is 0 Å². The fourth-order valence-electron chi connectivity index (χ4n) is 0.903. The van der Waals surface area contributed by atoms with E-state index in [1.807, 2.05) is 0 Å². The molecule has 1 nitrogen and oxygen atoms in total. The fraction of sp³-hybridized carbons (Fsp3) is 0.556. The average molecular weight is 261 g/mol. The van der Waals surface area contributed by atoms with Gasteiger partial charge in [-0.05, 0) is 19.3 Å². The van der Waals surface area contributed by atoms with Crippen molar-refractivity contribution < 1.29 is 46.9 Å². The molecule has 0 bridgehead atoms. The SMILES string of the molecule is C1=CCC=C1.C1CCOC1.[Cl-].[Cl-].[Cr+2]. The maximum absolute atomic E-state index is 4.94. The second-order valence-corrected chi connectivity index (χ2v) is 2.41. The minimum absolute atomic E-state index is 0. The molecule has 2 aliphatic rings. The van der Waals surface area contributed by atoms with Crippen molar-refractivity contribution in [2.75, 3.05) is 13.2 Å². The number of allylic oxidation sites excluding steroid dienone is 4. The molecule has 1 aliphatic carbocycles. The van der Waals surface area contributed by atoms with Crippen molar-refractivity contribution in [3.05, 3.63) is 24.3 Å². The van der Waals surface area contributed by atoms with Crippen molar-refractivity contribution in [3.8, 4) is 0 Å². The molecule has 0 aromatic carbocycles. The normalized spacial score (nSPS) is 16.0. The first-order chi connectivity index (χ1) is 5.00. The first-order valence-corrected chi connectivity index (χ1v) is 3.89. The van der Waals surface area contributed by atoms with Crippen LogP contribution in [0.4, 0.5) is 0 Å². The van der Waals surface area contributed by atoms with E-state index in [4.69, 9.17) is 4.74 Å². The standard InChI is InChI=1S/C5H6.C4H8O.2ClH.Cr/c2*1-2-4-5-3-1;;;/h1-4H,5H2;1-4H2;2*1H;/q;;;;+2/p-2. The zero-order valence-corrected chi connectivity index (χ0v) is 10.2. The molecule has 0 N–H and O–H groups in total. The van der Waals surface area contributed by atoms with E-state index in [0.29, 0.717) is 0 Å². The predicted octanol–water partition coefficient (Wildman–Crippen LogP) is -3.70. The van der Waals surface area contributed by atoms with Gasteiger partial charge in [-0.3, -0.25) is 0 Å². The van der Waals surface area contributed by atoms with Crippen LogP contribution in [0.1, 0.15) is 19.3 Å². The van der Waals surface area contributed by atoms with Crippen LogP contribution in [0.2, 0.25) is 0 Å². The summed E-state index contributed by atoms with van der Waals surface area (Å²) in [5.74, 6) is 0. The molecule has 1 fully saturated rings. The number of ether oxygens (including phenoxy) is 1. The molecule has 0 amide bonds. The minimum atomic E-state index is 0. The monoisotopic (exact) mass is 260 g/mol. The maximum Gasteiger partial charge on any atom is 2.00 e. The molecular weight excluding hydrogens is 247 g/mol. The third kappa shape index (κ3) is 12.6. The quantitative estimate of drug-likeness (QED) is 0.436. The molecule has 0 unspecified atom stereocenters. The second kappa shape index (κ2) is 15.0. The smallest absolute Gasteiger partial charge is 1.00 e. The van der Waals surface area contributed by atoms with E-state index in [9.17, 15) is 0 Å². The molecule has 0 saturated carbocycles. The summed E-state index contributed by atoms with van der Waals surface area (Å²) < 4.78 is 4.94. The van der Waals surface area contributed by atoms with Crippen molar-refractivity contribution in [2.24, 2.45) is 0 Å². The third-order valence-electron chi connectivity index (χ3n) is 1.48. The maximum atomic E-state index is 4.94. The van der Waals surface area contributed by atoms with Crippen molar-refractivity contribution in [2.45, 2.75) is 19.3 Å². The van der Waals surface area contributed by atoms with E-state index in [-0.39, 0.29) is 42.2 Å². The summed E-state index contributed by atoms with van der Waals surface area (Å²) in [4.78, 5) is 0. The van der Waals surface area contributed by atoms with Gasteiger partial charge < -0.3 is 29.6 Å². The number of rotatable bonds is 0. The van der Waals surface area contributed by atoms with Gasteiger partial charge in [0.2, 0.25) is 0 Å². The zero-order chi connectivity index (χ0) is 7.07. The molecule has 0 spiro atoms. The topological polar surface area (TPSA) is 9.23 Å². The van der Waals surface area contributed by atoms with Gasteiger partial charge in [-0.1, -0.05) is 24.3 Å². The number of hydrogen-bond donors (Lipinski definition) is 0. The first kappa shape index (κ1) is 19.2. The Labute approximate surface area is 104 Å². The zero-order valence-electron chi connectivity index (χ0n) is 7.42. The molecule has 13 heavy (non-hydrogen) atoms. The summed E-state index contributed by atoms with van der Waals surface area (Å²) in [6.45, 7) is 2.00.